The van der Waals surface area contributed by atoms with E-state index in [1.54, 1.807) is 31.2 Å². The standard InChI is InChI=1S/C31H35ClFNO4/c1-19(2)14-28(24-9-12-27(33)21(4)16-24)34-31(36)25-17-22(7-8-23(25)10-13-30(35)37-5)18-38-29-15-20(3)6-11-26(29)32/h6-9,11-12,15-17,19,28H,10,13-14,18H2,1-5H3,(H,34,36). The smallest absolute Gasteiger partial charge is 0.305 e. The fourth-order valence-corrected chi connectivity index (χ4v) is 4.41. The Kier molecular flexibility index (Phi) is 10.3. The zero-order valence-corrected chi connectivity index (χ0v) is 23.3. The average molecular weight is 540 g/mol. The van der Waals surface area contributed by atoms with Crippen molar-refractivity contribution in [3.8, 4) is 5.75 Å². The van der Waals surface area contributed by atoms with Crippen molar-refractivity contribution in [1.29, 1.82) is 0 Å². The number of ether oxygens (including phenoxy) is 2. The van der Waals surface area contributed by atoms with Gasteiger partial charge in [-0.3, -0.25) is 9.59 Å². The highest BCUT2D eigenvalue weighted by atomic mass is 35.5. The van der Waals surface area contributed by atoms with Crippen molar-refractivity contribution >= 4 is 23.5 Å². The summed E-state index contributed by atoms with van der Waals surface area (Å²) in [5.74, 6) is -0.0421. The van der Waals surface area contributed by atoms with Crippen molar-refractivity contribution in [2.45, 2.75) is 59.6 Å². The first-order valence-corrected chi connectivity index (χ1v) is 13.1. The fraction of sp³-hybridized carbons (Fsp3) is 0.355. The van der Waals surface area contributed by atoms with E-state index in [9.17, 15) is 14.0 Å². The normalized spacial score (nSPS) is 11.8. The van der Waals surface area contributed by atoms with Gasteiger partial charge in [0.2, 0.25) is 0 Å². The van der Waals surface area contributed by atoms with Crippen LogP contribution in [-0.2, 0) is 22.6 Å². The van der Waals surface area contributed by atoms with Crippen molar-refractivity contribution in [3.63, 3.8) is 0 Å². The molecule has 1 unspecified atom stereocenters. The van der Waals surface area contributed by atoms with Gasteiger partial charge in [-0.25, -0.2) is 4.39 Å². The Morgan fingerprint density at radius 1 is 1.03 bits per heavy atom. The van der Waals surface area contributed by atoms with Crippen molar-refractivity contribution in [3.05, 3.63) is 98.8 Å². The van der Waals surface area contributed by atoms with E-state index in [1.165, 1.54) is 13.2 Å². The summed E-state index contributed by atoms with van der Waals surface area (Å²) in [5.41, 5.74) is 4.36. The molecule has 0 saturated carbocycles. The van der Waals surface area contributed by atoms with Crippen LogP contribution in [0.2, 0.25) is 5.02 Å². The molecule has 3 aromatic rings. The number of halogens is 2. The van der Waals surface area contributed by atoms with Crippen molar-refractivity contribution in [2.75, 3.05) is 7.11 Å². The van der Waals surface area contributed by atoms with Gasteiger partial charge in [-0.1, -0.05) is 55.8 Å². The lowest BCUT2D eigenvalue weighted by Gasteiger charge is -2.23. The lowest BCUT2D eigenvalue weighted by Crippen LogP contribution is -2.30. The number of esters is 1. The highest BCUT2D eigenvalue weighted by Crippen LogP contribution is 2.27. The second-order valence-electron chi connectivity index (χ2n) is 9.95. The van der Waals surface area contributed by atoms with Crippen LogP contribution in [0.25, 0.3) is 0 Å². The van der Waals surface area contributed by atoms with Gasteiger partial charge in [-0.15, -0.1) is 0 Å². The minimum absolute atomic E-state index is 0.151. The summed E-state index contributed by atoms with van der Waals surface area (Å²) >= 11 is 6.28. The summed E-state index contributed by atoms with van der Waals surface area (Å²) in [4.78, 5) is 25.5. The molecule has 0 radical (unpaired) electrons. The van der Waals surface area contributed by atoms with Gasteiger partial charge in [-0.05, 0) is 84.7 Å². The third kappa shape index (κ3) is 8.06. The molecule has 38 heavy (non-hydrogen) atoms. The fourth-order valence-electron chi connectivity index (χ4n) is 4.23. The zero-order valence-electron chi connectivity index (χ0n) is 22.6. The summed E-state index contributed by atoms with van der Waals surface area (Å²) in [6.45, 7) is 8.03. The van der Waals surface area contributed by atoms with E-state index >= 15 is 0 Å². The third-order valence-corrected chi connectivity index (χ3v) is 6.64. The number of carbonyl (C=O) groups excluding carboxylic acids is 2. The molecule has 1 N–H and O–H groups in total. The molecule has 0 aliphatic heterocycles. The Bertz CT molecular complexity index is 1290. The predicted octanol–water partition coefficient (Wildman–Crippen LogP) is 7.30. The lowest BCUT2D eigenvalue weighted by molar-refractivity contribution is -0.140. The number of methoxy groups -OCH3 is 1. The zero-order chi connectivity index (χ0) is 27.8. The Hall–Kier alpha value is -3.38. The number of hydrogen-bond acceptors (Lipinski definition) is 4. The maximum Gasteiger partial charge on any atom is 0.305 e. The van der Waals surface area contributed by atoms with Crippen LogP contribution in [0.4, 0.5) is 4.39 Å². The predicted molar refractivity (Wildman–Crippen MR) is 148 cm³/mol. The van der Waals surface area contributed by atoms with Crippen molar-refractivity contribution in [1.82, 2.24) is 5.32 Å². The second kappa shape index (κ2) is 13.4. The molecule has 0 aliphatic rings. The maximum atomic E-state index is 13.9. The topological polar surface area (TPSA) is 64.6 Å². The van der Waals surface area contributed by atoms with Crippen LogP contribution in [0, 0.1) is 25.6 Å². The van der Waals surface area contributed by atoms with Gasteiger partial charge in [0.25, 0.3) is 5.91 Å². The number of benzene rings is 3. The van der Waals surface area contributed by atoms with Gasteiger partial charge in [0.05, 0.1) is 18.2 Å². The van der Waals surface area contributed by atoms with Gasteiger partial charge in [0.1, 0.15) is 18.2 Å². The van der Waals surface area contributed by atoms with Crippen LogP contribution < -0.4 is 10.1 Å². The van der Waals surface area contributed by atoms with E-state index in [1.807, 2.05) is 31.2 Å². The molecule has 0 fully saturated rings. The first-order chi connectivity index (χ1) is 18.1. The molecule has 0 aromatic heterocycles. The summed E-state index contributed by atoms with van der Waals surface area (Å²) in [6, 6.07) is 15.7. The van der Waals surface area contributed by atoms with Gasteiger partial charge in [0.15, 0.2) is 0 Å². The molecule has 0 spiro atoms. The average Bonchev–Trinajstić information content (AvgIpc) is 2.88. The van der Waals surface area contributed by atoms with Crippen LogP contribution in [0.3, 0.4) is 0 Å². The number of nitrogens with one attached hydrogen (secondary N) is 1. The van der Waals surface area contributed by atoms with Crippen LogP contribution in [0.15, 0.2) is 54.6 Å². The quantitative estimate of drug-likeness (QED) is 0.260. The Morgan fingerprint density at radius 3 is 2.47 bits per heavy atom. The molecule has 0 heterocycles. The lowest BCUT2D eigenvalue weighted by atomic mass is 9.94. The SMILES string of the molecule is COC(=O)CCc1ccc(COc2cc(C)ccc2Cl)cc1C(=O)NC(CC(C)C)c1ccc(F)c(C)c1. The molecule has 0 aliphatic carbocycles. The molecule has 1 amide bonds. The van der Waals surface area contributed by atoms with E-state index < -0.39 is 0 Å². The molecule has 7 heteroatoms. The minimum atomic E-state index is -0.350. The molecular weight excluding hydrogens is 505 g/mol. The van der Waals surface area contributed by atoms with E-state index in [-0.39, 0.29) is 36.8 Å². The maximum absolute atomic E-state index is 13.9. The Morgan fingerprint density at radius 2 is 1.79 bits per heavy atom. The monoisotopic (exact) mass is 539 g/mol. The number of rotatable bonds is 11. The van der Waals surface area contributed by atoms with Gasteiger partial charge >= 0.3 is 5.97 Å². The van der Waals surface area contributed by atoms with Gasteiger partial charge in [0, 0.05) is 12.0 Å². The molecule has 202 valence electrons. The number of amides is 1. The highest BCUT2D eigenvalue weighted by Gasteiger charge is 2.21. The van der Waals surface area contributed by atoms with Crippen molar-refractivity contribution < 1.29 is 23.5 Å². The summed E-state index contributed by atoms with van der Waals surface area (Å²) in [6.07, 6.45) is 1.19. The molecule has 3 aromatic carbocycles. The molecule has 0 bridgehead atoms. The Labute approximate surface area is 229 Å². The largest absolute Gasteiger partial charge is 0.487 e. The molecule has 3 rings (SSSR count). The first kappa shape index (κ1) is 29.2. The van der Waals surface area contributed by atoms with Gasteiger partial charge in [-0.2, -0.15) is 0 Å². The Balaban J connectivity index is 1.90. The van der Waals surface area contributed by atoms with Crippen LogP contribution in [0.5, 0.6) is 5.75 Å². The van der Waals surface area contributed by atoms with E-state index in [0.717, 1.165) is 22.3 Å². The van der Waals surface area contributed by atoms with E-state index in [4.69, 9.17) is 21.1 Å². The van der Waals surface area contributed by atoms with Crippen LogP contribution in [0.1, 0.15) is 70.9 Å². The molecule has 0 saturated heterocycles. The van der Waals surface area contributed by atoms with E-state index in [0.29, 0.717) is 40.7 Å². The van der Waals surface area contributed by atoms with Crippen molar-refractivity contribution in [2.24, 2.45) is 5.92 Å². The minimum Gasteiger partial charge on any atom is -0.487 e. The second-order valence-corrected chi connectivity index (χ2v) is 10.4. The van der Waals surface area contributed by atoms with Gasteiger partial charge < -0.3 is 14.8 Å². The van der Waals surface area contributed by atoms with E-state index in [2.05, 4.69) is 19.2 Å². The number of hydrogen-bond donors (Lipinski definition) is 1. The third-order valence-electron chi connectivity index (χ3n) is 6.32. The highest BCUT2D eigenvalue weighted by molar-refractivity contribution is 6.32. The molecule has 5 nitrogen and oxygen atoms in total. The summed E-state index contributed by atoms with van der Waals surface area (Å²) in [7, 11) is 1.34. The number of aryl methyl sites for hydroxylation is 3. The first-order valence-electron chi connectivity index (χ1n) is 12.7. The molecule has 1 atom stereocenters. The number of carbonyl (C=O) groups is 2. The van der Waals surface area contributed by atoms with Crippen LogP contribution in [-0.4, -0.2) is 19.0 Å². The molecular formula is C31H35ClFNO4. The summed E-state index contributed by atoms with van der Waals surface area (Å²) in [5, 5.41) is 3.66. The van der Waals surface area contributed by atoms with Crippen LogP contribution >= 0.6 is 11.6 Å². The summed E-state index contributed by atoms with van der Waals surface area (Å²) < 4.78 is 24.7.